The molecular formula is C25H29N3O2. The van der Waals surface area contributed by atoms with Gasteiger partial charge in [0.1, 0.15) is 0 Å². The maximum atomic E-state index is 13.2. The van der Waals surface area contributed by atoms with Gasteiger partial charge in [-0.15, -0.1) is 0 Å². The summed E-state index contributed by atoms with van der Waals surface area (Å²) in [6.45, 7) is 6.64. The summed E-state index contributed by atoms with van der Waals surface area (Å²) in [5.74, 6) is -0.568. The Bertz CT molecular complexity index is 1040. The minimum atomic E-state index is -0.311. The maximum absolute atomic E-state index is 13.2. The van der Waals surface area contributed by atoms with Crippen molar-refractivity contribution in [3.05, 3.63) is 71.4 Å². The van der Waals surface area contributed by atoms with Crippen LogP contribution in [-0.4, -0.2) is 31.3 Å². The second-order valence-corrected chi connectivity index (χ2v) is 8.92. The Balaban J connectivity index is 1.63. The van der Waals surface area contributed by atoms with Crippen LogP contribution in [0.3, 0.4) is 0 Å². The molecule has 0 spiro atoms. The van der Waals surface area contributed by atoms with E-state index in [2.05, 4.69) is 35.8 Å². The lowest BCUT2D eigenvalue weighted by Crippen LogP contribution is -2.44. The van der Waals surface area contributed by atoms with Crippen molar-refractivity contribution in [2.24, 2.45) is 5.73 Å². The van der Waals surface area contributed by atoms with E-state index in [0.29, 0.717) is 6.42 Å². The quantitative estimate of drug-likeness (QED) is 0.790. The van der Waals surface area contributed by atoms with Gasteiger partial charge >= 0.3 is 0 Å². The van der Waals surface area contributed by atoms with Gasteiger partial charge in [-0.05, 0) is 36.6 Å². The standard InChI is InChI=1S/C25H29N3O2/c1-16-13-19(24(26)30)18-9-5-7-11-21(18)28(16)15-17(29)14-23-25(2,3)20-10-6-8-12-22(20)27(23)4/h5-12,14,16,19H,13,15H2,1-4H3,(H2,26,30)/b23-14-. The number of amides is 1. The van der Waals surface area contributed by atoms with Gasteiger partial charge in [0, 0.05) is 41.7 Å². The molecule has 4 rings (SSSR count). The Morgan fingerprint density at radius 1 is 1.10 bits per heavy atom. The van der Waals surface area contributed by atoms with Crippen molar-refractivity contribution in [3.8, 4) is 0 Å². The molecule has 0 saturated heterocycles. The van der Waals surface area contributed by atoms with E-state index in [1.54, 1.807) is 6.08 Å². The Labute approximate surface area is 178 Å². The number of primary amides is 1. The van der Waals surface area contributed by atoms with Crippen LogP contribution < -0.4 is 15.5 Å². The molecule has 0 radical (unpaired) electrons. The van der Waals surface area contributed by atoms with Gasteiger partial charge in [0.2, 0.25) is 5.91 Å². The minimum absolute atomic E-state index is 0.0475. The van der Waals surface area contributed by atoms with Crippen molar-refractivity contribution >= 4 is 23.1 Å². The van der Waals surface area contributed by atoms with Crippen molar-refractivity contribution in [3.63, 3.8) is 0 Å². The molecule has 5 nitrogen and oxygen atoms in total. The number of hydrogen-bond acceptors (Lipinski definition) is 4. The fourth-order valence-electron chi connectivity index (χ4n) is 5.01. The van der Waals surface area contributed by atoms with Crippen molar-refractivity contribution < 1.29 is 9.59 Å². The first-order chi connectivity index (χ1) is 14.2. The highest BCUT2D eigenvalue weighted by Crippen LogP contribution is 2.46. The molecule has 2 aliphatic heterocycles. The number of anilines is 2. The second kappa shape index (κ2) is 7.31. The summed E-state index contributed by atoms with van der Waals surface area (Å²) in [5, 5.41) is 0. The van der Waals surface area contributed by atoms with Gasteiger partial charge in [0.05, 0.1) is 12.5 Å². The number of nitrogens with zero attached hydrogens (tertiary/aromatic N) is 2. The van der Waals surface area contributed by atoms with Crippen LogP contribution in [0.1, 0.15) is 44.2 Å². The summed E-state index contributed by atoms with van der Waals surface area (Å²) in [6, 6.07) is 16.1. The van der Waals surface area contributed by atoms with E-state index in [1.165, 1.54) is 5.56 Å². The van der Waals surface area contributed by atoms with E-state index >= 15 is 0 Å². The first-order valence-corrected chi connectivity index (χ1v) is 10.4. The number of nitrogens with two attached hydrogens (primary N) is 1. The topological polar surface area (TPSA) is 66.6 Å². The number of hydrogen-bond donors (Lipinski definition) is 1. The van der Waals surface area contributed by atoms with Crippen LogP contribution in [0.5, 0.6) is 0 Å². The number of fused-ring (bicyclic) bond motifs is 2. The summed E-state index contributed by atoms with van der Waals surface area (Å²) < 4.78 is 0. The van der Waals surface area contributed by atoms with Gasteiger partial charge in [-0.3, -0.25) is 9.59 Å². The maximum Gasteiger partial charge on any atom is 0.225 e. The smallest absolute Gasteiger partial charge is 0.225 e. The number of rotatable bonds is 4. The molecule has 30 heavy (non-hydrogen) atoms. The zero-order valence-corrected chi connectivity index (χ0v) is 18.1. The van der Waals surface area contributed by atoms with Gasteiger partial charge in [0.15, 0.2) is 5.78 Å². The molecule has 2 aromatic carbocycles. The number of benzene rings is 2. The molecule has 2 aromatic rings. The molecule has 156 valence electrons. The molecule has 1 amide bonds. The van der Waals surface area contributed by atoms with Gasteiger partial charge in [-0.25, -0.2) is 0 Å². The normalized spacial score (nSPS) is 23.3. The van der Waals surface area contributed by atoms with Crippen molar-refractivity contribution in [1.29, 1.82) is 0 Å². The molecular weight excluding hydrogens is 374 g/mol. The predicted molar refractivity (Wildman–Crippen MR) is 121 cm³/mol. The average molecular weight is 404 g/mol. The molecule has 2 heterocycles. The molecule has 2 atom stereocenters. The highest BCUT2D eigenvalue weighted by molar-refractivity contribution is 5.96. The molecule has 0 aromatic heterocycles. The Morgan fingerprint density at radius 3 is 2.40 bits per heavy atom. The summed E-state index contributed by atoms with van der Waals surface area (Å²) in [5.41, 5.74) is 10.6. The van der Waals surface area contributed by atoms with E-state index < -0.39 is 0 Å². The largest absolute Gasteiger partial charge is 0.369 e. The fraction of sp³-hybridized carbons (Fsp3) is 0.360. The molecule has 0 aliphatic carbocycles. The van der Waals surface area contributed by atoms with Crippen molar-refractivity contribution in [2.45, 2.75) is 44.6 Å². The van der Waals surface area contributed by atoms with Crippen LogP contribution in [0.2, 0.25) is 0 Å². The fourth-order valence-corrected chi connectivity index (χ4v) is 5.01. The Kier molecular flexibility index (Phi) is 4.92. The summed E-state index contributed by atoms with van der Waals surface area (Å²) >= 11 is 0. The first-order valence-electron chi connectivity index (χ1n) is 10.4. The van der Waals surface area contributed by atoms with E-state index in [1.807, 2.05) is 50.4 Å². The van der Waals surface area contributed by atoms with Crippen molar-refractivity contribution in [1.82, 2.24) is 0 Å². The summed E-state index contributed by atoms with van der Waals surface area (Å²) in [6.07, 6.45) is 2.41. The molecule has 2 aliphatic rings. The number of ketones is 1. The van der Waals surface area contributed by atoms with Crippen molar-refractivity contribution in [2.75, 3.05) is 23.4 Å². The van der Waals surface area contributed by atoms with Gasteiger partial charge in [-0.2, -0.15) is 0 Å². The summed E-state index contributed by atoms with van der Waals surface area (Å²) in [7, 11) is 2.02. The Hall–Kier alpha value is -3.08. The number of carbonyl (C=O) groups is 2. The lowest BCUT2D eigenvalue weighted by Gasteiger charge is -2.39. The average Bonchev–Trinajstić information content (AvgIpc) is 2.90. The molecule has 0 fully saturated rings. The molecule has 5 heteroatoms. The van der Waals surface area contributed by atoms with Gasteiger partial charge < -0.3 is 15.5 Å². The van der Waals surface area contributed by atoms with E-state index in [9.17, 15) is 9.59 Å². The zero-order chi connectivity index (χ0) is 21.6. The third kappa shape index (κ3) is 3.18. The van der Waals surface area contributed by atoms with Crippen LogP contribution in [0.25, 0.3) is 0 Å². The third-order valence-corrected chi connectivity index (χ3v) is 6.64. The second-order valence-electron chi connectivity index (χ2n) is 8.92. The number of likely N-dealkylation sites (N-methyl/N-ethyl adjacent to an activating group) is 1. The lowest BCUT2D eigenvalue weighted by molar-refractivity contribution is -0.119. The van der Waals surface area contributed by atoms with Gasteiger partial charge in [0.25, 0.3) is 0 Å². The van der Waals surface area contributed by atoms with Crippen LogP contribution >= 0.6 is 0 Å². The van der Waals surface area contributed by atoms with E-state index in [4.69, 9.17) is 5.73 Å². The number of carbonyl (C=O) groups excluding carboxylic acids is 2. The first kappa shape index (κ1) is 20.2. The van der Waals surface area contributed by atoms with Gasteiger partial charge in [-0.1, -0.05) is 50.2 Å². The highest BCUT2D eigenvalue weighted by atomic mass is 16.1. The van der Waals surface area contributed by atoms with Crippen LogP contribution in [-0.2, 0) is 15.0 Å². The molecule has 0 saturated carbocycles. The minimum Gasteiger partial charge on any atom is -0.369 e. The van der Waals surface area contributed by atoms with E-state index in [0.717, 1.165) is 22.6 Å². The lowest BCUT2D eigenvalue weighted by atomic mass is 9.83. The summed E-state index contributed by atoms with van der Waals surface area (Å²) in [4.78, 5) is 29.4. The zero-order valence-electron chi connectivity index (χ0n) is 18.1. The molecule has 0 bridgehead atoms. The van der Waals surface area contributed by atoms with Crippen LogP contribution in [0.4, 0.5) is 11.4 Å². The monoisotopic (exact) mass is 403 g/mol. The SMILES string of the molecule is CC1CC(C(N)=O)c2ccccc2N1CC(=O)/C=C1\N(C)c2ccccc2C1(C)C. The van der Waals surface area contributed by atoms with Crippen LogP contribution in [0, 0.1) is 0 Å². The molecule has 2 unspecified atom stereocenters. The Morgan fingerprint density at radius 2 is 1.73 bits per heavy atom. The number of para-hydroxylation sites is 2. The molecule has 2 N–H and O–H groups in total. The number of allylic oxidation sites excluding steroid dienone is 1. The predicted octanol–water partition coefficient (Wildman–Crippen LogP) is 3.73. The highest BCUT2D eigenvalue weighted by Gasteiger charge is 2.39. The van der Waals surface area contributed by atoms with Crippen LogP contribution in [0.15, 0.2) is 60.3 Å². The third-order valence-electron chi connectivity index (χ3n) is 6.64. The van der Waals surface area contributed by atoms with E-state index in [-0.39, 0.29) is 35.6 Å².